The van der Waals surface area contributed by atoms with Crippen molar-refractivity contribution in [2.75, 3.05) is 17.6 Å². The first kappa shape index (κ1) is 8.87. The summed E-state index contributed by atoms with van der Waals surface area (Å²) in [4.78, 5) is 10.8. The number of carbonyl (C=O) groups is 1. The predicted octanol–water partition coefficient (Wildman–Crippen LogP) is 1.33. The summed E-state index contributed by atoms with van der Waals surface area (Å²) in [6.45, 7) is 0.906. The Hall–Kier alpha value is -1.71. The third-order valence-electron chi connectivity index (χ3n) is 2.42. The van der Waals surface area contributed by atoms with Crippen molar-refractivity contribution in [3.63, 3.8) is 0 Å². The Labute approximate surface area is 81.7 Å². The average Bonchev–Trinajstić information content (AvgIpc) is 2.17. The number of aryl methyl sites for hydroxylation is 1. The van der Waals surface area contributed by atoms with Crippen LogP contribution in [0.1, 0.15) is 22.3 Å². The molecule has 1 aromatic rings. The largest absolute Gasteiger partial charge is 0.478 e. The number of fused-ring (bicyclic) bond motifs is 1. The van der Waals surface area contributed by atoms with Crippen LogP contribution in [0.5, 0.6) is 0 Å². The molecule has 1 heterocycles. The highest BCUT2D eigenvalue weighted by Gasteiger charge is 2.14. The predicted molar refractivity (Wildman–Crippen MR) is 54.6 cm³/mol. The zero-order valence-electron chi connectivity index (χ0n) is 7.71. The van der Waals surface area contributed by atoms with Crippen LogP contribution in [0.15, 0.2) is 12.1 Å². The molecule has 0 bridgehead atoms. The molecular weight excluding hydrogens is 180 g/mol. The molecular formula is C10H12N2O2. The lowest BCUT2D eigenvalue weighted by Crippen LogP contribution is -2.14. The molecule has 1 aromatic carbocycles. The van der Waals surface area contributed by atoms with E-state index in [4.69, 9.17) is 10.8 Å². The van der Waals surface area contributed by atoms with Crippen LogP contribution in [0.25, 0.3) is 0 Å². The zero-order valence-corrected chi connectivity index (χ0v) is 7.71. The topological polar surface area (TPSA) is 75.4 Å². The molecule has 0 aromatic heterocycles. The molecule has 0 amide bonds. The van der Waals surface area contributed by atoms with Crippen LogP contribution in [0.4, 0.5) is 11.4 Å². The van der Waals surface area contributed by atoms with Crippen LogP contribution in [0.2, 0.25) is 0 Å². The molecule has 0 atom stereocenters. The number of anilines is 2. The molecule has 2 rings (SSSR count). The fraction of sp³-hybridized carbons (Fsp3) is 0.300. The number of hydrogen-bond acceptors (Lipinski definition) is 3. The first-order chi connectivity index (χ1) is 6.68. The third-order valence-corrected chi connectivity index (χ3v) is 2.42. The fourth-order valence-electron chi connectivity index (χ4n) is 1.76. The fourth-order valence-corrected chi connectivity index (χ4v) is 1.76. The van der Waals surface area contributed by atoms with Gasteiger partial charge >= 0.3 is 5.97 Å². The Morgan fingerprint density at radius 1 is 1.50 bits per heavy atom. The van der Waals surface area contributed by atoms with E-state index < -0.39 is 5.97 Å². The summed E-state index contributed by atoms with van der Waals surface area (Å²) in [6.07, 6.45) is 1.92. The second-order valence-electron chi connectivity index (χ2n) is 3.44. The molecule has 0 radical (unpaired) electrons. The Bertz CT molecular complexity index is 388. The molecule has 4 nitrogen and oxygen atoms in total. The minimum atomic E-state index is -0.926. The third kappa shape index (κ3) is 1.39. The van der Waals surface area contributed by atoms with Gasteiger partial charge in [-0.3, -0.25) is 0 Å². The van der Waals surface area contributed by atoms with E-state index in [-0.39, 0.29) is 5.56 Å². The summed E-state index contributed by atoms with van der Waals surface area (Å²) in [5.41, 5.74) is 8.46. The summed E-state index contributed by atoms with van der Waals surface area (Å²) in [7, 11) is 0. The molecule has 74 valence electrons. The second-order valence-corrected chi connectivity index (χ2v) is 3.44. The molecule has 0 spiro atoms. The van der Waals surface area contributed by atoms with Crippen molar-refractivity contribution < 1.29 is 9.90 Å². The van der Waals surface area contributed by atoms with Gasteiger partial charge in [-0.2, -0.15) is 0 Å². The van der Waals surface area contributed by atoms with Gasteiger partial charge in [0.05, 0.1) is 16.9 Å². The van der Waals surface area contributed by atoms with Crippen molar-refractivity contribution >= 4 is 17.3 Å². The lowest BCUT2D eigenvalue weighted by Gasteiger charge is -2.20. The summed E-state index contributed by atoms with van der Waals surface area (Å²) in [5, 5.41) is 12.0. The summed E-state index contributed by atoms with van der Waals surface area (Å²) in [5.74, 6) is -0.926. The quantitative estimate of drug-likeness (QED) is 0.587. The van der Waals surface area contributed by atoms with Crippen molar-refractivity contribution in [2.24, 2.45) is 0 Å². The molecule has 4 heteroatoms. The van der Waals surface area contributed by atoms with E-state index in [1.54, 1.807) is 6.07 Å². The first-order valence-corrected chi connectivity index (χ1v) is 4.58. The number of hydrogen-bond donors (Lipinski definition) is 3. The van der Waals surface area contributed by atoms with Crippen molar-refractivity contribution in [1.82, 2.24) is 0 Å². The maximum atomic E-state index is 10.8. The highest BCUT2D eigenvalue weighted by molar-refractivity contribution is 5.91. The lowest BCUT2D eigenvalue weighted by molar-refractivity contribution is 0.0697. The number of rotatable bonds is 1. The van der Waals surface area contributed by atoms with Crippen molar-refractivity contribution in [3.8, 4) is 0 Å². The second kappa shape index (κ2) is 3.21. The van der Waals surface area contributed by atoms with Crippen LogP contribution in [-0.2, 0) is 6.42 Å². The van der Waals surface area contributed by atoms with E-state index in [0.29, 0.717) is 5.69 Å². The van der Waals surface area contributed by atoms with Crippen LogP contribution in [-0.4, -0.2) is 17.6 Å². The van der Waals surface area contributed by atoms with Gasteiger partial charge < -0.3 is 16.2 Å². The lowest BCUT2D eigenvalue weighted by atomic mass is 9.99. The standard InChI is InChI=1S/C10H12N2O2/c11-8-5-7(10(13)14)4-6-2-1-3-12-9(6)8/h4-5,12H,1-3,11H2,(H,13,14). The van der Waals surface area contributed by atoms with Gasteiger partial charge in [-0.05, 0) is 30.5 Å². The Morgan fingerprint density at radius 3 is 3.00 bits per heavy atom. The number of benzene rings is 1. The van der Waals surface area contributed by atoms with E-state index in [2.05, 4.69) is 5.32 Å². The van der Waals surface area contributed by atoms with Gasteiger partial charge in [-0.1, -0.05) is 0 Å². The molecule has 1 aliphatic heterocycles. The van der Waals surface area contributed by atoms with Gasteiger partial charge in [0.1, 0.15) is 0 Å². The molecule has 1 aliphatic rings. The maximum Gasteiger partial charge on any atom is 0.335 e. The van der Waals surface area contributed by atoms with Gasteiger partial charge in [-0.25, -0.2) is 4.79 Å². The maximum absolute atomic E-state index is 10.8. The van der Waals surface area contributed by atoms with Crippen molar-refractivity contribution in [1.29, 1.82) is 0 Å². The van der Waals surface area contributed by atoms with Crippen molar-refractivity contribution in [2.45, 2.75) is 12.8 Å². The van der Waals surface area contributed by atoms with E-state index in [1.165, 1.54) is 6.07 Å². The zero-order chi connectivity index (χ0) is 10.1. The van der Waals surface area contributed by atoms with Gasteiger partial charge in [-0.15, -0.1) is 0 Å². The van der Waals surface area contributed by atoms with E-state index >= 15 is 0 Å². The van der Waals surface area contributed by atoms with Crippen LogP contribution in [0, 0.1) is 0 Å². The van der Waals surface area contributed by atoms with Gasteiger partial charge in [0.2, 0.25) is 0 Å². The minimum absolute atomic E-state index is 0.268. The van der Waals surface area contributed by atoms with E-state index in [1.807, 2.05) is 0 Å². The number of nitrogens with two attached hydrogens (primary N) is 1. The average molecular weight is 192 g/mol. The summed E-state index contributed by atoms with van der Waals surface area (Å²) in [6, 6.07) is 3.19. The van der Waals surface area contributed by atoms with E-state index in [0.717, 1.165) is 30.6 Å². The summed E-state index contributed by atoms with van der Waals surface area (Å²) < 4.78 is 0. The number of carboxylic acid groups (broad SMARTS) is 1. The highest BCUT2D eigenvalue weighted by atomic mass is 16.4. The minimum Gasteiger partial charge on any atom is -0.478 e. The van der Waals surface area contributed by atoms with Crippen LogP contribution < -0.4 is 11.1 Å². The van der Waals surface area contributed by atoms with Crippen LogP contribution >= 0.6 is 0 Å². The Balaban J connectivity index is 2.51. The molecule has 0 unspecified atom stereocenters. The molecule has 0 aliphatic carbocycles. The summed E-state index contributed by atoms with van der Waals surface area (Å²) >= 11 is 0. The number of carboxylic acids is 1. The molecule has 0 fully saturated rings. The van der Waals surface area contributed by atoms with Gasteiger partial charge in [0, 0.05) is 6.54 Å². The Kier molecular flexibility index (Phi) is 2.04. The van der Waals surface area contributed by atoms with Crippen LogP contribution in [0.3, 0.4) is 0 Å². The first-order valence-electron chi connectivity index (χ1n) is 4.58. The molecule has 0 saturated carbocycles. The van der Waals surface area contributed by atoms with Crippen molar-refractivity contribution in [3.05, 3.63) is 23.3 Å². The van der Waals surface area contributed by atoms with Gasteiger partial charge in [0.15, 0.2) is 0 Å². The van der Waals surface area contributed by atoms with E-state index in [9.17, 15) is 4.79 Å². The number of nitrogen functional groups attached to an aromatic ring is 1. The monoisotopic (exact) mass is 192 g/mol. The SMILES string of the molecule is Nc1cc(C(=O)O)cc2c1NCCC2. The molecule has 14 heavy (non-hydrogen) atoms. The smallest absolute Gasteiger partial charge is 0.335 e. The molecule has 0 saturated heterocycles. The normalized spacial score (nSPS) is 14.3. The number of aromatic carboxylic acids is 1. The van der Waals surface area contributed by atoms with Gasteiger partial charge in [0.25, 0.3) is 0 Å². The Morgan fingerprint density at radius 2 is 2.29 bits per heavy atom. The highest BCUT2D eigenvalue weighted by Crippen LogP contribution is 2.29. The number of nitrogens with one attached hydrogen (secondary N) is 1. The molecule has 4 N–H and O–H groups in total.